The fourth-order valence-corrected chi connectivity index (χ4v) is 3.10. The van der Waals surface area contributed by atoms with Gasteiger partial charge in [-0.05, 0) is 30.9 Å². The van der Waals surface area contributed by atoms with Gasteiger partial charge in [0.25, 0.3) is 0 Å². The Morgan fingerprint density at radius 2 is 2.04 bits per heavy atom. The van der Waals surface area contributed by atoms with Gasteiger partial charge in [0.15, 0.2) is 11.5 Å². The zero-order valence-electron chi connectivity index (χ0n) is 14.8. The van der Waals surface area contributed by atoms with Gasteiger partial charge in [0, 0.05) is 50.6 Å². The number of piperidine rings is 1. The number of rotatable bonds is 4. The van der Waals surface area contributed by atoms with E-state index in [1.54, 1.807) is 12.1 Å². The maximum absolute atomic E-state index is 13.3. The number of hydrogen-bond donors (Lipinski definition) is 1. The fraction of sp³-hybridized carbons (Fsp3) is 0.444. The van der Waals surface area contributed by atoms with Crippen LogP contribution in [0.25, 0.3) is 11.4 Å². The minimum absolute atomic E-state index is 0.0196. The van der Waals surface area contributed by atoms with Gasteiger partial charge >= 0.3 is 6.18 Å². The lowest BCUT2D eigenvalue weighted by Crippen LogP contribution is -2.41. The lowest BCUT2D eigenvalue weighted by molar-refractivity contribution is -0.141. The number of anilines is 1. The Balaban J connectivity index is 1.90. The fourth-order valence-electron chi connectivity index (χ4n) is 3.10. The van der Waals surface area contributed by atoms with Gasteiger partial charge in [-0.1, -0.05) is 0 Å². The number of nitrogens with one attached hydrogen (secondary N) is 1. The standard InChI is InChI=1S/C18H20F3N5O/c1-12(27)23-10-13-3-2-8-26(11-13)16-9-15(18(19,20)21)24-17(25-16)14-4-6-22-7-5-14/h4-7,9,13H,2-3,8,10-11H2,1H3,(H,23,27). The Morgan fingerprint density at radius 1 is 1.30 bits per heavy atom. The minimum Gasteiger partial charge on any atom is -0.356 e. The van der Waals surface area contributed by atoms with E-state index in [2.05, 4.69) is 20.3 Å². The highest BCUT2D eigenvalue weighted by Gasteiger charge is 2.35. The molecule has 6 nitrogen and oxygen atoms in total. The van der Waals surface area contributed by atoms with Crippen molar-refractivity contribution in [3.05, 3.63) is 36.3 Å². The van der Waals surface area contributed by atoms with Crippen LogP contribution >= 0.6 is 0 Å². The predicted octanol–water partition coefficient (Wildman–Crippen LogP) is 2.91. The number of alkyl halides is 3. The second-order valence-electron chi connectivity index (χ2n) is 6.56. The Labute approximate surface area is 154 Å². The Kier molecular flexibility index (Phi) is 5.57. The highest BCUT2D eigenvalue weighted by Crippen LogP contribution is 2.32. The summed E-state index contributed by atoms with van der Waals surface area (Å²) in [4.78, 5) is 24.9. The van der Waals surface area contributed by atoms with Crippen LogP contribution in [0.5, 0.6) is 0 Å². The second kappa shape index (κ2) is 7.89. The molecule has 3 heterocycles. The SMILES string of the molecule is CC(=O)NCC1CCCN(c2cc(C(F)(F)F)nc(-c3ccncc3)n2)C1. The van der Waals surface area contributed by atoms with Crippen molar-refractivity contribution >= 4 is 11.7 Å². The molecule has 1 atom stereocenters. The highest BCUT2D eigenvalue weighted by atomic mass is 19.4. The third-order valence-electron chi connectivity index (χ3n) is 4.42. The first-order chi connectivity index (χ1) is 12.8. The first kappa shape index (κ1) is 19.1. The summed E-state index contributed by atoms with van der Waals surface area (Å²) in [6, 6.07) is 4.15. The Morgan fingerprint density at radius 3 is 2.70 bits per heavy atom. The molecule has 3 rings (SSSR count). The van der Waals surface area contributed by atoms with E-state index in [1.807, 2.05) is 4.90 Å². The molecule has 0 saturated carbocycles. The number of aromatic nitrogens is 3. The van der Waals surface area contributed by atoms with Crippen LogP contribution in [0.4, 0.5) is 19.0 Å². The van der Waals surface area contributed by atoms with Crippen LogP contribution < -0.4 is 10.2 Å². The molecular weight excluding hydrogens is 359 g/mol. The third kappa shape index (κ3) is 4.93. The molecule has 1 aliphatic heterocycles. The van der Waals surface area contributed by atoms with E-state index in [9.17, 15) is 18.0 Å². The first-order valence-electron chi connectivity index (χ1n) is 8.69. The number of carbonyl (C=O) groups excluding carboxylic acids is 1. The van der Waals surface area contributed by atoms with Crippen molar-refractivity contribution in [3.63, 3.8) is 0 Å². The molecule has 0 spiro atoms. The highest BCUT2D eigenvalue weighted by molar-refractivity contribution is 5.72. The number of carbonyl (C=O) groups is 1. The van der Waals surface area contributed by atoms with Crippen LogP contribution in [-0.4, -0.2) is 40.5 Å². The van der Waals surface area contributed by atoms with Crippen LogP contribution in [0.2, 0.25) is 0 Å². The number of halogens is 3. The van der Waals surface area contributed by atoms with Crippen molar-refractivity contribution in [1.82, 2.24) is 20.3 Å². The molecule has 1 amide bonds. The van der Waals surface area contributed by atoms with Crippen LogP contribution in [0.3, 0.4) is 0 Å². The Hall–Kier alpha value is -2.71. The van der Waals surface area contributed by atoms with Gasteiger partial charge in [-0.2, -0.15) is 13.2 Å². The van der Waals surface area contributed by atoms with Crippen LogP contribution in [-0.2, 0) is 11.0 Å². The van der Waals surface area contributed by atoms with Gasteiger partial charge in [0.2, 0.25) is 5.91 Å². The topological polar surface area (TPSA) is 71.0 Å². The molecular formula is C18H20F3N5O. The molecule has 0 bridgehead atoms. The van der Waals surface area contributed by atoms with Crippen molar-refractivity contribution in [1.29, 1.82) is 0 Å². The van der Waals surface area contributed by atoms with E-state index in [0.29, 0.717) is 25.2 Å². The van der Waals surface area contributed by atoms with Crippen molar-refractivity contribution < 1.29 is 18.0 Å². The third-order valence-corrected chi connectivity index (χ3v) is 4.42. The number of amides is 1. The molecule has 0 aliphatic carbocycles. The van der Waals surface area contributed by atoms with Gasteiger partial charge in [-0.25, -0.2) is 9.97 Å². The predicted molar refractivity (Wildman–Crippen MR) is 93.9 cm³/mol. The summed E-state index contributed by atoms with van der Waals surface area (Å²) < 4.78 is 40.0. The summed E-state index contributed by atoms with van der Waals surface area (Å²) in [5, 5.41) is 2.77. The van der Waals surface area contributed by atoms with E-state index in [1.165, 1.54) is 19.3 Å². The normalized spacial score (nSPS) is 17.6. The van der Waals surface area contributed by atoms with E-state index in [0.717, 1.165) is 18.9 Å². The Bertz CT molecular complexity index is 797. The van der Waals surface area contributed by atoms with Gasteiger partial charge in [-0.15, -0.1) is 0 Å². The first-order valence-corrected chi connectivity index (χ1v) is 8.69. The molecule has 2 aromatic rings. The summed E-state index contributed by atoms with van der Waals surface area (Å²) in [5.74, 6) is 0.313. The molecule has 2 aromatic heterocycles. The molecule has 1 N–H and O–H groups in total. The molecule has 9 heteroatoms. The molecule has 0 aromatic carbocycles. The van der Waals surface area contributed by atoms with Gasteiger partial charge in [-0.3, -0.25) is 9.78 Å². The zero-order valence-corrected chi connectivity index (χ0v) is 14.8. The van der Waals surface area contributed by atoms with Crippen molar-refractivity contribution in [2.24, 2.45) is 5.92 Å². The molecule has 1 aliphatic rings. The van der Waals surface area contributed by atoms with E-state index in [4.69, 9.17) is 0 Å². The minimum atomic E-state index is -4.56. The molecule has 0 radical (unpaired) electrons. The average molecular weight is 379 g/mol. The summed E-state index contributed by atoms with van der Waals surface area (Å²) in [6.45, 7) is 3.09. The van der Waals surface area contributed by atoms with E-state index in [-0.39, 0.29) is 23.5 Å². The van der Waals surface area contributed by atoms with Crippen LogP contribution in [0.1, 0.15) is 25.5 Å². The molecule has 1 saturated heterocycles. The number of hydrogen-bond acceptors (Lipinski definition) is 5. The maximum atomic E-state index is 13.3. The molecule has 144 valence electrons. The van der Waals surface area contributed by atoms with Gasteiger partial charge in [0.1, 0.15) is 5.82 Å². The summed E-state index contributed by atoms with van der Waals surface area (Å²) in [7, 11) is 0. The van der Waals surface area contributed by atoms with Crippen molar-refractivity contribution in [2.45, 2.75) is 25.9 Å². The van der Waals surface area contributed by atoms with E-state index < -0.39 is 11.9 Å². The molecule has 1 unspecified atom stereocenters. The van der Waals surface area contributed by atoms with Crippen molar-refractivity contribution in [2.75, 3.05) is 24.5 Å². The largest absolute Gasteiger partial charge is 0.433 e. The summed E-state index contributed by atoms with van der Waals surface area (Å²) >= 11 is 0. The number of pyridine rings is 1. The average Bonchev–Trinajstić information content (AvgIpc) is 2.66. The maximum Gasteiger partial charge on any atom is 0.433 e. The molecule has 27 heavy (non-hydrogen) atoms. The van der Waals surface area contributed by atoms with Crippen LogP contribution in [0.15, 0.2) is 30.6 Å². The van der Waals surface area contributed by atoms with Crippen molar-refractivity contribution in [3.8, 4) is 11.4 Å². The van der Waals surface area contributed by atoms with E-state index >= 15 is 0 Å². The van der Waals surface area contributed by atoms with Gasteiger partial charge in [0.05, 0.1) is 0 Å². The lowest BCUT2D eigenvalue weighted by atomic mass is 9.98. The second-order valence-corrected chi connectivity index (χ2v) is 6.56. The quantitative estimate of drug-likeness (QED) is 0.885. The summed E-state index contributed by atoms with van der Waals surface area (Å²) in [5.41, 5.74) is -0.493. The zero-order chi connectivity index (χ0) is 19.4. The summed E-state index contributed by atoms with van der Waals surface area (Å²) in [6.07, 6.45) is 0.141. The number of nitrogens with zero attached hydrogens (tertiary/aromatic N) is 4. The monoisotopic (exact) mass is 379 g/mol. The smallest absolute Gasteiger partial charge is 0.356 e. The van der Waals surface area contributed by atoms with Crippen LogP contribution in [0, 0.1) is 5.92 Å². The van der Waals surface area contributed by atoms with Gasteiger partial charge < -0.3 is 10.2 Å². The molecule has 1 fully saturated rings. The lowest BCUT2D eigenvalue weighted by Gasteiger charge is -2.34.